The van der Waals surface area contributed by atoms with Gasteiger partial charge in [-0.25, -0.2) is 0 Å². The standard InChI is InChI=1S/C90H152NO8P/c1-6-8-10-12-14-16-18-20-22-24-26-28-30-32-34-36-38-40-42-44-45-47-49-51-53-55-57-59-61-63-65-67-69-71-73-75-77-79-81-83-90(93)99-88(87-98-100(94,95)97-85-84-91(3,4)5)86-96-89(92)82-80-78-76-74-72-70-68-66-64-62-60-58-56-54-52-50-48-46-43-41-39-37-35-33-31-29-27-25-23-21-19-17-15-13-11-9-7-2/h8-11,14-17,20-23,26-29,32-35,38,40,44-45,49,51,55,57,88H,6-7,12-13,18-19,24-25,30-31,36-37,39,41-43,46-48,50,52-54,56,58-87H2,1-5H3/b10-8-,11-9-,16-14-,17-15-,22-20-,23-21-,28-26-,29-27-,34-32-,35-33-,40-38-,45-44-,51-49-,57-55-. The van der Waals surface area contributed by atoms with Gasteiger partial charge in [-0.1, -0.05) is 364 Å². The number of rotatable bonds is 74. The fraction of sp³-hybridized carbons (Fsp3) is 0.667. The van der Waals surface area contributed by atoms with Gasteiger partial charge in [-0.05, 0) is 128 Å². The Bertz CT molecular complexity index is 2300. The van der Waals surface area contributed by atoms with Gasteiger partial charge in [-0.15, -0.1) is 0 Å². The largest absolute Gasteiger partial charge is 0.756 e. The molecule has 0 heterocycles. The van der Waals surface area contributed by atoms with E-state index in [9.17, 15) is 19.0 Å². The number of esters is 2. The normalized spacial score (nSPS) is 13.9. The third kappa shape index (κ3) is 82.3. The summed E-state index contributed by atoms with van der Waals surface area (Å²) in [5, 5.41) is 0. The molecule has 0 bridgehead atoms. The lowest BCUT2D eigenvalue weighted by Crippen LogP contribution is -2.37. The molecular weight excluding hydrogens is 1250 g/mol. The van der Waals surface area contributed by atoms with Crippen LogP contribution in [0.5, 0.6) is 0 Å². The minimum atomic E-state index is -4.66. The van der Waals surface area contributed by atoms with Crippen LogP contribution in [-0.4, -0.2) is 70.0 Å². The predicted octanol–water partition coefficient (Wildman–Crippen LogP) is 27.0. The Hall–Kier alpha value is -4.63. The van der Waals surface area contributed by atoms with Gasteiger partial charge in [0, 0.05) is 12.8 Å². The van der Waals surface area contributed by atoms with Crippen LogP contribution in [0.4, 0.5) is 0 Å². The first kappa shape index (κ1) is 95.4. The van der Waals surface area contributed by atoms with Crippen molar-refractivity contribution in [3.05, 3.63) is 170 Å². The van der Waals surface area contributed by atoms with E-state index in [0.29, 0.717) is 17.4 Å². The number of hydrogen-bond donors (Lipinski definition) is 0. The summed E-state index contributed by atoms with van der Waals surface area (Å²) < 4.78 is 34.4. The Morgan fingerprint density at radius 2 is 0.540 bits per heavy atom. The predicted molar refractivity (Wildman–Crippen MR) is 433 cm³/mol. The second-order valence-corrected chi connectivity index (χ2v) is 29.4. The summed E-state index contributed by atoms with van der Waals surface area (Å²) in [6.45, 7) is 4.03. The van der Waals surface area contributed by atoms with Crippen LogP contribution in [0.25, 0.3) is 0 Å². The number of nitrogens with zero attached hydrogens (tertiary/aromatic N) is 1. The smallest absolute Gasteiger partial charge is 0.306 e. The Morgan fingerprint density at radius 1 is 0.310 bits per heavy atom. The van der Waals surface area contributed by atoms with E-state index in [1.54, 1.807) is 0 Å². The van der Waals surface area contributed by atoms with Gasteiger partial charge in [0.1, 0.15) is 19.8 Å². The summed E-state index contributed by atoms with van der Waals surface area (Å²) in [7, 11) is 1.16. The second-order valence-electron chi connectivity index (χ2n) is 28.0. The molecule has 0 N–H and O–H groups in total. The van der Waals surface area contributed by atoms with Gasteiger partial charge in [0.25, 0.3) is 7.82 Å². The first-order chi connectivity index (χ1) is 49.0. The molecule has 0 saturated carbocycles. The summed E-state index contributed by atoms with van der Waals surface area (Å²) in [4.78, 5) is 38.2. The molecule has 0 radical (unpaired) electrons. The summed E-state index contributed by atoms with van der Waals surface area (Å²) in [6.07, 6.45) is 119. The van der Waals surface area contributed by atoms with Crippen LogP contribution in [0.2, 0.25) is 0 Å². The molecule has 0 aromatic heterocycles. The molecule has 9 nitrogen and oxygen atoms in total. The molecule has 0 aromatic rings. The van der Waals surface area contributed by atoms with Crippen LogP contribution >= 0.6 is 7.82 Å². The molecule has 0 aliphatic carbocycles. The minimum Gasteiger partial charge on any atom is -0.756 e. The van der Waals surface area contributed by atoms with Gasteiger partial charge in [0.15, 0.2) is 6.10 Å². The van der Waals surface area contributed by atoms with Crippen LogP contribution in [0.3, 0.4) is 0 Å². The molecule has 100 heavy (non-hydrogen) atoms. The van der Waals surface area contributed by atoms with Crippen LogP contribution in [-0.2, 0) is 32.7 Å². The minimum absolute atomic E-state index is 0.0367. The molecule has 570 valence electrons. The van der Waals surface area contributed by atoms with Gasteiger partial charge in [0.2, 0.25) is 0 Å². The maximum Gasteiger partial charge on any atom is 0.306 e. The van der Waals surface area contributed by atoms with E-state index >= 15 is 0 Å². The van der Waals surface area contributed by atoms with Crippen molar-refractivity contribution in [2.45, 2.75) is 341 Å². The molecule has 0 amide bonds. The Kier molecular flexibility index (Phi) is 74.9. The van der Waals surface area contributed by atoms with E-state index in [2.05, 4.69) is 184 Å². The molecular formula is C90H152NO8P. The van der Waals surface area contributed by atoms with Crippen LogP contribution in [0.1, 0.15) is 335 Å². The number of likely N-dealkylation sites (N-methyl/N-ethyl adjacent to an activating group) is 1. The van der Waals surface area contributed by atoms with E-state index in [0.717, 1.165) is 135 Å². The number of ether oxygens (including phenoxy) is 2. The lowest BCUT2D eigenvalue weighted by Gasteiger charge is -2.28. The number of hydrogen-bond acceptors (Lipinski definition) is 8. The summed E-state index contributed by atoms with van der Waals surface area (Å²) in [5.41, 5.74) is 0. The number of quaternary nitrogens is 1. The molecule has 0 saturated heterocycles. The van der Waals surface area contributed by atoms with Crippen molar-refractivity contribution >= 4 is 19.8 Å². The zero-order valence-corrected chi connectivity index (χ0v) is 66.0. The highest BCUT2D eigenvalue weighted by molar-refractivity contribution is 7.45. The first-order valence-corrected chi connectivity index (χ1v) is 42.3. The molecule has 2 atom stereocenters. The number of carbonyl (C=O) groups excluding carboxylic acids is 2. The maximum absolute atomic E-state index is 12.9. The van der Waals surface area contributed by atoms with Gasteiger partial charge in [-0.3, -0.25) is 14.2 Å². The van der Waals surface area contributed by atoms with Crippen LogP contribution in [0.15, 0.2) is 170 Å². The molecule has 0 aromatic carbocycles. The monoisotopic (exact) mass is 1410 g/mol. The van der Waals surface area contributed by atoms with E-state index in [1.165, 1.54) is 167 Å². The molecule has 2 unspecified atom stereocenters. The van der Waals surface area contributed by atoms with Crippen LogP contribution < -0.4 is 4.89 Å². The maximum atomic E-state index is 12.9. The Labute approximate surface area is 617 Å². The van der Waals surface area contributed by atoms with Gasteiger partial charge in [-0.2, -0.15) is 0 Å². The molecule has 10 heteroatoms. The summed E-state index contributed by atoms with van der Waals surface area (Å²) >= 11 is 0. The highest BCUT2D eigenvalue weighted by Crippen LogP contribution is 2.38. The molecule has 0 aliphatic rings. The highest BCUT2D eigenvalue weighted by Gasteiger charge is 2.22. The summed E-state index contributed by atoms with van der Waals surface area (Å²) in [5.74, 6) is -0.833. The molecule has 0 rings (SSSR count). The zero-order valence-electron chi connectivity index (χ0n) is 65.1. The van der Waals surface area contributed by atoms with Crippen molar-refractivity contribution in [3.63, 3.8) is 0 Å². The first-order valence-electron chi connectivity index (χ1n) is 40.8. The summed E-state index contributed by atoms with van der Waals surface area (Å²) in [6, 6.07) is 0. The fourth-order valence-corrected chi connectivity index (χ4v) is 11.8. The third-order valence-corrected chi connectivity index (χ3v) is 18.2. The van der Waals surface area contributed by atoms with E-state index < -0.39 is 26.5 Å². The molecule has 0 spiro atoms. The Morgan fingerprint density at radius 3 is 0.800 bits per heavy atom. The lowest BCUT2D eigenvalue weighted by molar-refractivity contribution is -0.870. The van der Waals surface area contributed by atoms with Crippen molar-refractivity contribution < 1.29 is 42.1 Å². The van der Waals surface area contributed by atoms with Crippen molar-refractivity contribution in [1.29, 1.82) is 0 Å². The van der Waals surface area contributed by atoms with Crippen molar-refractivity contribution in [1.82, 2.24) is 0 Å². The van der Waals surface area contributed by atoms with E-state index in [1.807, 2.05) is 21.1 Å². The Balaban J connectivity index is 4.00. The average molecular weight is 1410 g/mol. The van der Waals surface area contributed by atoms with Gasteiger partial charge in [0.05, 0.1) is 27.7 Å². The van der Waals surface area contributed by atoms with E-state index in [4.69, 9.17) is 18.5 Å². The number of phosphoric acid groups is 1. The SMILES string of the molecule is CC/C=C\C/C=C\C/C=C\C/C=C\C/C=C\C/C=C\C/C=C\C/C=C\C/C=C\CCCCCCCCCCCCCC(=O)OC(COC(=O)CCCCCCCCCCCCCCCCCCCCCCC/C=C\C/C=C\C/C=C\C/C=C\C/C=C\CC)COP(=O)([O-])OCC[N+](C)(C)C. The van der Waals surface area contributed by atoms with Crippen LogP contribution in [0, 0.1) is 0 Å². The number of carbonyl (C=O) groups is 2. The van der Waals surface area contributed by atoms with Gasteiger partial charge < -0.3 is 27.9 Å². The molecule has 0 fully saturated rings. The quantitative estimate of drug-likeness (QED) is 0.0195. The third-order valence-electron chi connectivity index (χ3n) is 17.2. The van der Waals surface area contributed by atoms with Crippen molar-refractivity contribution in [3.8, 4) is 0 Å². The lowest BCUT2D eigenvalue weighted by atomic mass is 10.0. The highest BCUT2D eigenvalue weighted by atomic mass is 31.2. The number of allylic oxidation sites excluding steroid dienone is 28. The van der Waals surface area contributed by atoms with Crippen molar-refractivity contribution in [2.75, 3.05) is 47.5 Å². The van der Waals surface area contributed by atoms with Gasteiger partial charge >= 0.3 is 11.9 Å². The topological polar surface area (TPSA) is 111 Å². The zero-order chi connectivity index (χ0) is 72.5. The average Bonchev–Trinajstić information content (AvgIpc) is 1.07. The van der Waals surface area contributed by atoms with Crippen molar-refractivity contribution in [2.24, 2.45) is 0 Å². The fourth-order valence-electron chi connectivity index (χ4n) is 11.1. The second kappa shape index (κ2) is 78.5. The van der Waals surface area contributed by atoms with E-state index in [-0.39, 0.29) is 32.0 Å². The number of unbranched alkanes of at least 4 members (excludes halogenated alkanes) is 32. The number of phosphoric ester groups is 1. The molecule has 0 aliphatic heterocycles.